The summed E-state index contributed by atoms with van der Waals surface area (Å²) in [7, 11) is 1.83. The Kier molecular flexibility index (Phi) is 5.56. The van der Waals surface area contributed by atoms with Gasteiger partial charge in [-0.05, 0) is 13.8 Å². The third kappa shape index (κ3) is 4.57. The number of rotatable bonds is 5. The highest BCUT2D eigenvalue weighted by Gasteiger charge is 2.16. The summed E-state index contributed by atoms with van der Waals surface area (Å²) >= 11 is 2.62. The summed E-state index contributed by atoms with van der Waals surface area (Å²) in [6.45, 7) is 3.47. The van der Waals surface area contributed by atoms with Gasteiger partial charge < -0.3 is 14.4 Å². The first kappa shape index (κ1) is 16.5. The fraction of sp³-hybridized carbons (Fsp3) is 0.385. The van der Waals surface area contributed by atoms with E-state index in [1.54, 1.807) is 24.5 Å². The highest BCUT2D eigenvalue weighted by molar-refractivity contribution is 8.01. The highest BCUT2D eigenvalue weighted by atomic mass is 32.2. The number of hydrogen-bond donors (Lipinski definition) is 1. The van der Waals surface area contributed by atoms with Crippen LogP contribution in [0.15, 0.2) is 27.2 Å². The van der Waals surface area contributed by atoms with Crippen molar-refractivity contribution in [1.29, 1.82) is 0 Å². The Morgan fingerprint density at radius 1 is 1.59 bits per heavy atom. The maximum absolute atomic E-state index is 11.9. The highest BCUT2D eigenvalue weighted by Crippen LogP contribution is 2.14. The smallest absolute Gasteiger partial charge is 0.258 e. The average Bonchev–Trinajstić information content (AvgIpc) is 3.05. The second-order valence-corrected chi connectivity index (χ2v) is 6.77. The van der Waals surface area contributed by atoms with E-state index in [4.69, 9.17) is 4.52 Å². The van der Waals surface area contributed by atoms with E-state index in [0.717, 1.165) is 0 Å². The van der Waals surface area contributed by atoms with E-state index in [-0.39, 0.29) is 17.6 Å². The van der Waals surface area contributed by atoms with Crippen LogP contribution >= 0.6 is 23.1 Å². The van der Waals surface area contributed by atoms with Crippen LogP contribution in [0.2, 0.25) is 0 Å². The molecule has 0 spiro atoms. The molecule has 1 atom stereocenters. The van der Waals surface area contributed by atoms with Crippen molar-refractivity contribution in [3.8, 4) is 0 Å². The molecule has 2 heterocycles. The van der Waals surface area contributed by atoms with Crippen LogP contribution in [0.5, 0.6) is 0 Å². The molecule has 0 bridgehead atoms. The molecule has 0 aromatic carbocycles. The van der Waals surface area contributed by atoms with Gasteiger partial charge in [-0.1, -0.05) is 5.16 Å². The molecule has 0 fully saturated rings. The Labute approximate surface area is 135 Å². The number of hydrogen-bond acceptors (Lipinski definition) is 6. The fourth-order valence-electron chi connectivity index (χ4n) is 1.50. The van der Waals surface area contributed by atoms with Crippen molar-refractivity contribution in [3.63, 3.8) is 0 Å². The Morgan fingerprint density at radius 3 is 2.95 bits per heavy atom. The van der Waals surface area contributed by atoms with Crippen LogP contribution in [-0.2, 0) is 16.6 Å². The van der Waals surface area contributed by atoms with Gasteiger partial charge in [0.15, 0.2) is 10.6 Å². The first-order valence-corrected chi connectivity index (χ1v) is 8.42. The number of nitrogens with zero attached hydrogens (tertiary/aromatic N) is 3. The number of aryl methyl sites for hydroxylation is 2. The Hall–Kier alpha value is -1.87. The van der Waals surface area contributed by atoms with Crippen molar-refractivity contribution in [2.24, 2.45) is 12.0 Å². The van der Waals surface area contributed by atoms with Crippen LogP contribution in [0.4, 0.5) is 5.82 Å². The van der Waals surface area contributed by atoms with Gasteiger partial charge >= 0.3 is 0 Å². The zero-order chi connectivity index (χ0) is 16.1. The number of anilines is 1. The number of thiazole rings is 1. The molecule has 0 saturated carbocycles. The van der Waals surface area contributed by atoms with Crippen molar-refractivity contribution >= 4 is 40.7 Å². The van der Waals surface area contributed by atoms with Gasteiger partial charge in [0, 0.05) is 24.7 Å². The molecule has 1 N–H and O–H groups in total. The zero-order valence-corrected chi connectivity index (χ0v) is 14.0. The van der Waals surface area contributed by atoms with Gasteiger partial charge in [-0.15, -0.1) is 23.1 Å². The van der Waals surface area contributed by atoms with Gasteiger partial charge in [-0.25, -0.2) is 0 Å². The fourth-order valence-corrected chi connectivity index (χ4v) is 2.91. The van der Waals surface area contributed by atoms with Crippen LogP contribution < -0.4 is 10.1 Å². The molecule has 9 heteroatoms. The van der Waals surface area contributed by atoms with E-state index in [9.17, 15) is 9.59 Å². The van der Waals surface area contributed by atoms with E-state index < -0.39 is 5.25 Å². The lowest BCUT2D eigenvalue weighted by molar-refractivity contribution is -0.115. The Morgan fingerprint density at radius 2 is 2.36 bits per heavy atom. The van der Waals surface area contributed by atoms with Crippen LogP contribution in [0.25, 0.3) is 0 Å². The molecule has 0 radical (unpaired) electrons. The molecule has 0 aliphatic carbocycles. The molecule has 1 unspecified atom stereocenters. The summed E-state index contributed by atoms with van der Waals surface area (Å²) in [5.41, 5.74) is 0. The predicted molar refractivity (Wildman–Crippen MR) is 85.6 cm³/mol. The van der Waals surface area contributed by atoms with Crippen LogP contribution in [0, 0.1) is 6.92 Å². The first-order valence-electron chi connectivity index (χ1n) is 6.49. The molecular formula is C13H16N4O3S2. The summed E-state index contributed by atoms with van der Waals surface area (Å²) < 4.78 is 6.65. The average molecular weight is 340 g/mol. The number of thioether (sulfide) groups is 1. The van der Waals surface area contributed by atoms with Crippen LogP contribution in [0.3, 0.4) is 0 Å². The van der Waals surface area contributed by atoms with Crippen molar-refractivity contribution in [2.45, 2.75) is 19.1 Å². The third-order valence-corrected chi connectivity index (χ3v) is 4.66. The summed E-state index contributed by atoms with van der Waals surface area (Å²) in [5.74, 6) is 0.641. The van der Waals surface area contributed by atoms with E-state index in [1.807, 2.05) is 18.6 Å². The largest absolute Gasteiger partial charge is 0.360 e. The van der Waals surface area contributed by atoms with Gasteiger partial charge in [0.05, 0.1) is 11.0 Å². The molecule has 0 saturated heterocycles. The summed E-state index contributed by atoms with van der Waals surface area (Å²) in [6.07, 6.45) is 1.83. The van der Waals surface area contributed by atoms with Crippen molar-refractivity contribution < 1.29 is 14.1 Å². The van der Waals surface area contributed by atoms with Gasteiger partial charge in [0.1, 0.15) is 5.76 Å². The Balaban J connectivity index is 1.84. The molecule has 22 heavy (non-hydrogen) atoms. The molecule has 0 aliphatic rings. The van der Waals surface area contributed by atoms with Crippen molar-refractivity contribution in [1.82, 2.24) is 9.72 Å². The van der Waals surface area contributed by atoms with E-state index >= 15 is 0 Å². The molecule has 2 aromatic heterocycles. The SMILES string of the molecule is Cc1cc(NC(=O)C(C)SCC(=O)N=c2sccn2C)no1. The maximum Gasteiger partial charge on any atom is 0.258 e. The summed E-state index contributed by atoms with van der Waals surface area (Å²) in [6, 6.07) is 1.63. The quantitative estimate of drug-likeness (QED) is 0.892. The lowest BCUT2D eigenvalue weighted by Gasteiger charge is -2.08. The second-order valence-electron chi connectivity index (χ2n) is 4.57. The number of amides is 2. The Bertz CT molecular complexity index is 731. The van der Waals surface area contributed by atoms with E-state index in [1.165, 1.54) is 23.1 Å². The normalized spacial score (nSPS) is 13.1. The van der Waals surface area contributed by atoms with Crippen LogP contribution in [-0.4, -0.2) is 32.5 Å². The lowest BCUT2D eigenvalue weighted by atomic mass is 10.4. The number of carbonyl (C=O) groups is 2. The minimum Gasteiger partial charge on any atom is -0.360 e. The molecular weight excluding hydrogens is 324 g/mol. The monoisotopic (exact) mass is 340 g/mol. The molecule has 118 valence electrons. The van der Waals surface area contributed by atoms with Gasteiger partial charge in [-0.3, -0.25) is 9.59 Å². The summed E-state index contributed by atoms with van der Waals surface area (Å²) in [5, 5.41) is 7.78. The number of carbonyl (C=O) groups excluding carboxylic acids is 2. The van der Waals surface area contributed by atoms with Gasteiger partial charge in [-0.2, -0.15) is 4.99 Å². The van der Waals surface area contributed by atoms with Gasteiger partial charge in [0.25, 0.3) is 5.91 Å². The lowest BCUT2D eigenvalue weighted by Crippen LogP contribution is -2.24. The number of aromatic nitrogens is 2. The standard InChI is InChI=1S/C13H16N4O3S2/c1-8-6-10(16-20-8)14-12(19)9(2)22-7-11(18)15-13-17(3)4-5-21-13/h4-6,9H,7H2,1-3H3,(H,14,16,19). The van der Waals surface area contributed by atoms with E-state index in [2.05, 4.69) is 15.5 Å². The van der Waals surface area contributed by atoms with E-state index in [0.29, 0.717) is 16.4 Å². The minimum absolute atomic E-state index is 0.143. The zero-order valence-electron chi connectivity index (χ0n) is 12.4. The molecule has 2 aromatic rings. The second kappa shape index (κ2) is 7.41. The summed E-state index contributed by atoms with van der Waals surface area (Å²) in [4.78, 5) is 28.4. The van der Waals surface area contributed by atoms with Gasteiger partial charge in [0.2, 0.25) is 5.91 Å². The maximum atomic E-state index is 11.9. The number of nitrogens with one attached hydrogen (secondary N) is 1. The minimum atomic E-state index is -0.395. The molecule has 2 amide bonds. The van der Waals surface area contributed by atoms with Crippen molar-refractivity contribution in [2.75, 3.05) is 11.1 Å². The van der Waals surface area contributed by atoms with Crippen molar-refractivity contribution in [3.05, 3.63) is 28.2 Å². The predicted octanol–water partition coefficient (Wildman–Crippen LogP) is 1.57. The molecule has 2 rings (SSSR count). The third-order valence-electron chi connectivity index (χ3n) is 2.69. The molecule has 0 aliphatic heterocycles. The van der Waals surface area contributed by atoms with Crippen LogP contribution in [0.1, 0.15) is 12.7 Å². The molecule has 7 nitrogen and oxygen atoms in total. The topological polar surface area (TPSA) is 89.5 Å². The first-order chi connectivity index (χ1) is 10.5.